The first kappa shape index (κ1) is 28.4. The number of nitrogens with one attached hydrogen (secondary N) is 2. The minimum absolute atomic E-state index is 0.153. The molecule has 2 aliphatic heterocycles. The summed E-state index contributed by atoms with van der Waals surface area (Å²) in [5.74, 6) is 0. The van der Waals surface area contributed by atoms with Gasteiger partial charge in [0, 0.05) is 50.9 Å². The molecule has 2 N–H and O–H groups in total. The fraction of sp³-hybridized carbons (Fsp3) is 0.0444. The molecule has 2 aliphatic rings. The van der Waals surface area contributed by atoms with E-state index < -0.39 is 0 Å². The summed E-state index contributed by atoms with van der Waals surface area (Å²) in [5.41, 5.74) is 11.4. The summed E-state index contributed by atoms with van der Waals surface area (Å²) in [5, 5.41) is 12.0. The molecule has 8 aromatic rings. The fourth-order valence-corrected chi connectivity index (χ4v) is 7.70. The van der Waals surface area contributed by atoms with Crippen LogP contribution in [0.3, 0.4) is 0 Å². The van der Waals surface area contributed by atoms with E-state index in [2.05, 4.69) is 178 Å². The van der Waals surface area contributed by atoms with Crippen LogP contribution in [0.2, 0.25) is 0 Å². The van der Waals surface area contributed by atoms with Gasteiger partial charge in [0.2, 0.25) is 0 Å². The van der Waals surface area contributed by atoms with Crippen LogP contribution in [0.25, 0.3) is 60.6 Å². The van der Waals surface area contributed by atoms with Crippen molar-refractivity contribution >= 4 is 55.4 Å². The van der Waals surface area contributed by atoms with Crippen LogP contribution in [-0.4, -0.2) is 15.3 Å². The number of aliphatic imine (C=N–C) groups is 1. The van der Waals surface area contributed by atoms with Gasteiger partial charge in [0.15, 0.2) is 0 Å². The van der Waals surface area contributed by atoms with Gasteiger partial charge in [-0.1, -0.05) is 109 Å². The lowest BCUT2D eigenvalue weighted by Crippen LogP contribution is -2.19. The fourth-order valence-electron chi connectivity index (χ4n) is 7.70. The largest absolute Gasteiger partial charge is 0.381 e. The number of hydrogen-bond acceptors (Lipinski definition) is 3. The monoisotopic (exact) mass is 643 g/mol. The molecule has 0 saturated heterocycles. The molecule has 0 saturated carbocycles. The standard InChI is InChI=1S/C45H33N5/c1-5-16-41-36(11-1)37-12-2-6-17-42(37)49(41)34-25-32(26-35(27-34)50-43-18-7-3-13-38(43)39-14-4-8-19-44(39)50)33-28-47-45(48-29-33)31-22-20-30(21-23-31)40-15-9-10-24-46-40/h1-29,40,45-47H. The van der Waals surface area contributed by atoms with E-state index in [9.17, 15) is 0 Å². The van der Waals surface area contributed by atoms with Crippen molar-refractivity contribution in [3.63, 3.8) is 0 Å². The van der Waals surface area contributed by atoms with Gasteiger partial charge in [-0.3, -0.25) is 4.99 Å². The van der Waals surface area contributed by atoms with Crippen LogP contribution < -0.4 is 10.6 Å². The van der Waals surface area contributed by atoms with Crippen molar-refractivity contribution in [1.29, 1.82) is 0 Å². The highest BCUT2D eigenvalue weighted by Crippen LogP contribution is 2.37. The summed E-state index contributed by atoms with van der Waals surface area (Å²) in [6, 6.07) is 50.6. The lowest BCUT2D eigenvalue weighted by Gasteiger charge is -2.21. The normalized spacial score (nSPS) is 17.0. The van der Waals surface area contributed by atoms with Crippen molar-refractivity contribution in [2.45, 2.75) is 12.2 Å². The number of benzene rings is 6. The highest BCUT2D eigenvalue weighted by molar-refractivity contribution is 6.13. The molecular formula is C45H33N5. The Balaban J connectivity index is 1.11. The Morgan fingerprint density at radius 1 is 0.500 bits per heavy atom. The number of hydrogen-bond donors (Lipinski definition) is 2. The maximum atomic E-state index is 5.03. The second kappa shape index (κ2) is 11.5. The second-order valence-electron chi connectivity index (χ2n) is 13.0. The van der Waals surface area contributed by atoms with E-state index in [-0.39, 0.29) is 12.2 Å². The van der Waals surface area contributed by atoms with Gasteiger partial charge in [-0.15, -0.1) is 0 Å². The van der Waals surface area contributed by atoms with Gasteiger partial charge in [-0.2, -0.15) is 0 Å². The third-order valence-electron chi connectivity index (χ3n) is 10.1. The average Bonchev–Trinajstić information content (AvgIpc) is 3.71. The summed E-state index contributed by atoms with van der Waals surface area (Å²) in [6.45, 7) is 0. The Morgan fingerprint density at radius 3 is 1.46 bits per heavy atom. The molecule has 0 radical (unpaired) electrons. The van der Waals surface area contributed by atoms with Gasteiger partial charge in [-0.25, -0.2) is 0 Å². The molecule has 0 fully saturated rings. The molecule has 5 heteroatoms. The van der Waals surface area contributed by atoms with E-state index in [1.165, 1.54) is 49.2 Å². The van der Waals surface area contributed by atoms with Crippen LogP contribution in [0.4, 0.5) is 0 Å². The Hall–Kier alpha value is -6.59. The molecule has 0 bridgehead atoms. The van der Waals surface area contributed by atoms with E-state index in [4.69, 9.17) is 4.99 Å². The predicted octanol–water partition coefficient (Wildman–Crippen LogP) is 10.3. The molecule has 50 heavy (non-hydrogen) atoms. The molecule has 10 rings (SSSR count). The molecule has 5 nitrogen and oxygen atoms in total. The van der Waals surface area contributed by atoms with Gasteiger partial charge in [-0.05, 0) is 71.4 Å². The van der Waals surface area contributed by atoms with Crippen LogP contribution in [0.15, 0.2) is 175 Å². The topological polar surface area (TPSA) is 46.3 Å². The molecule has 2 unspecified atom stereocenters. The molecule has 238 valence electrons. The first-order valence-corrected chi connectivity index (χ1v) is 17.1. The zero-order valence-corrected chi connectivity index (χ0v) is 27.2. The van der Waals surface area contributed by atoms with E-state index in [1.54, 1.807) is 0 Å². The number of fused-ring (bicyclic) bond motifs is 6. The number of nitrogens with zero attached hydrogens (tertiary/aromatic N) is 3. The molecule has 4 heterocycles. The Bertz CT molecular complexity index is 2480. The number of dihydropyridines is 1. The minimum atomic E-state index is -0.153. The van der Waals surface area contributed by atoms with Crippen molar-refractivity contribution < 1.29 is 0 Å². The lowest BCUT2D eigenvalue weighted by atomic mass is 10.0. The van der Waals surface area contributed by atoms with Gasteiger partial charge >= 0.3 is 0 Å². The second-order valence-corrected chi connectivity index (χ2v) is 13.0. The zero-order valence-electron chi connectivity index (χ0n) is 27.2. The molecule has 0 aliphatic carbocycles. The number of aromatic nitrogens is 2. The summed E-state index contributed by atoms with van der Waals surface area (Å²) < 4.78 is 4.80. The van der Waals surface area contributed by atoms with Gasteiger partial charge in [0.25, 0.3) is 0 Å². The third-order valence-corrected chi connectivity index (χ3v) is 10.1. The number of allylic oxidation sites excluding steroid dienone is 3. The Labute approximate surface area is 289 Å². The maximum Gasteiger partial charge on any atom is 0.144 e. The zero-order chi connectivity index (χ0) is 33.0. The van der Waals surface area contributed by atoms with E-state index in [0.717, 1.165) is 28.1 Å². The SMILES string of the molecule is C1=CNC(c2ccc(C3N=CC(c4cc(-n5c6ccccc6c6ccccc65)cc(-n5c6ccccc6c6ccccc65)c4)=CN3)cc2)C=C1. The highest BCUT2D eigenvalue weighted by atomic mass is 15.1. The summed E-state index contributed by atoms with van der Waals surface area (Å²) in [7, 11) is 0. The predicted molar refractivity (Wildman–Crippen MR) is 208 cm³/mol. The molecule has 0 amide bonds. The maximum absolute atomic E-state index is 5.03. The smallest absolute Gasteiger partial charge is 0.144 e. The first-order valence-electron chi connectivity index (χ1n) is 17.1. The van der Waals surface area contributed by atoms with Crippen LogP contribution >= 0.6 is 0 Å². The van der Waals surface area contributed by atoms with Crippen molar-refractivity contribution in [2.24, 2.45) is 4.99 Å². The van der Waals surface area contributed by atoms with E-state index >= 15 is 0 Å². The van der Waals surface area contributed by atoms with Gasteiger partial charge in [0.1, 0.15) is 6.17 Å². The molecule has 6 aromatic carbocycles. The number of para-hydroxylation sites is 4. The van der Waals surface area contributed by atoms with Gasteiger partial charge in [0.05, 0.1) is 28.1 Å². The summed E-state index contributed by atoms with van der Waals surface area (Å²) in [4.78, 5) is 5.03. The molecular weight excluding hydrogens is 611 g/mol. The quantitative estimate of drug-likeness (QED) is 0.196. The van der Waals surface area contributed by atoms with Crippen molar-refractivity contribution in [3.8, 4) is 11.4 Å². The van der Waals surface area contributed by atoms with E-state index in [1.807, 2.05) is 18.5 Å². The Morgan fingerprint density at radius 2 is 1.00 bits per heavy atom. The molecule has 0 spiro atoms. The highest BCUT2D eigenvalue weighted by Gasteiger charge is 2.19. The van der Waals surface area contributed by atoms with Crippen molar-refractivity contribution in [1.82, 2.24) is 19.8 Å². The first-order chi connectivity index (χ1) is 24.8. The van der Waals surface area contributed by atoms with Crippen LogP contribution in [0, 0.1) is 0 Å². The molecule has 2 atom stereocenters. The van der Waals surface area contributed by atoms with Crippen molar-refractivity contribution in [3.05, 3.63) is 187 Å². The van der Waals surface area contributed by atoms with Crippen LogP contribution in [-0.2, 0) is 0 Å². The van der Waals surface area contributed by atoms with Crippen molar-refractivity contribution in [2.75, 3.05) is 0 Å². The molecule has 2 aromatic heterocycles. The minimum Gasteiger partial charge on any atom is -0.381 e. The number of rotatable bonds is 5. The Kier molecular flexibility index (Phi) is 6.56. The average molecular weight is 644 g/mol. The third kappa shape index (κ3) is 4.59. The van der Waals surface area contributed by atoms with Crippen LogP contribution in [0.1, 0.15) is 28.9 Å². The lowest BCUT2D eigenvalue weighted by molar-refractivity contribution is 0.653. The summed E-state index contributed by atoms with van der Waals surface area (Å²) in [6.07, 6.45) is 12.2. The van der Waals surface area contributed by atoms with Crippen LogP contribution in [0.5, 0.6) is 0 Å². The van der Waals surface area contributed by atoms with E-state index in [0.29, 0.717) is 0 Å². The summed E-state index contributed by atoms with van der Waals surface area (Å²) >= 11 is 0. The van der Waals surface area contributed by atoms with Gasteiger partial charge < -0.3 is 19.8 Å².